The van der Waals surface area contributed by atoms with Gasteiger partial charge in [-0.3, -0.25) is 0 Å². The van der Waals surface area contributed by atoms with Crippen LogP contribution in [0.4, 0.5) is 0 Å². The number of rotatable bonds is 5. The van der Waals surface area contributed by atoms with Gasteiger partial charge in [0.05, 0.1) is 7.11 Å². The molecule has 30 heavy (non-hydrogen) atoms. The van der Waals surface area contributed by atoms with Crippen LogP contribution in [0.15, 0.2) is 51.9 Å². The number of sulfonamides is 1. The third-order valence-corrected chi connectivity index (χ3v) is 7.53. The lowest BCUT2D eigenvalue weighted by atomic mass is 9.97. The van der Waals surface area contributed by atoms with Crippen LogP contribution >= 0.6 is 11.6 Å². The zero-order chi connectivity index (χ0) is 21.3. The summed E-state index contributed by atoms with van der Waals surface area (Å²) in [5.74, 6) is 1.43. The summed E-state index contributed by atoms with van der Waals surface area (Å²) in [7, 11) is -2.28. The molecule has 2 aromatic carbocycles. The number of halogens is 1. The molecular weight excluding hydrogens is 426 g/mol. The van der Waals surface area contributed by atoms with E-state index in [9.17, 15) is 8.42 Å². The van der Waals surface area contributed by atoms with Crippen LogP contribution < -0.4 is 4.74 Å². The number of nitrogens with zero attached hydrogens (tertiary/aromatic N) is 3. The van der Waals surface area contributed by atoms with Crippen molar-refractivity contribution in [2.24, 2.45) is 0 Å². The molecule has 2 heterocycles. The molecule has 0 unspecified atom stereocenters. The van der Waals surface area contributed by atoms with Gasteiger partial charge >= 0.3 is 0 Å². The second-order valence-corrected chi connectivity index (χ2v) is 9.59. The highest BCUT2D eigenvalue weighted by Gasteiger charge is 2.33. The quantitative estimate of drug-likeness (QED) is 0.580. The van der Waals surface area contributed by atoms with E-state index in [4.69, 9.17) is 20.9 Å². The van der Waals surface area contributed by atoms with Gasteiger partial charge in [-0.25, -0.2) is 8.42 Å². The van der Waals surface area contributed by atoms with Gasteiger partial charge in [0.15, 0.2) is 5.82 Å². The van der Waals surface area contributed by atoms with Crippen LogP contribution in [-0.4, -0.2) is 43.1 Å². The molecule has 1 aliphatic rings. The summed E-state index contributed by atoms with van der Waals surface area (Å²) < 4.78 is 38.4. The SMILES string of the molecule is COc1ccc(Cl)cc1S(=O)(=O)N1CCC(c2noc(-c3ccccc3C)n2)CC1. The smallest absolute Gasteiger partial charge is 0.258 e. The summed E-state index contributed by atoms with van der Waals surface area (Å²) in [5.41, 5.74) is 1.97. The Hall–Kier alpha value is -2.42. The number of aromatic nitrogens is 2. The summed E-state index contributed by atoms with van der Waals surface area (Å²) in [6.07, 6.45) is 1.21. The van der Waals surface area contributed by atoms with Crippen LogP contribution in [0.25, 0.3) is 11.5 Å². The Kier molecular flexibility index (Phi) is 5.81. The molecule has 4 rings (SSSR count). The Bertz CT molecular complexity index is 1150. The fraction of sp³-hybridized carbons (Fsp3) is 0.333. The highest BCUT2D eigenvalue weighted by Crippen LogP contribution is 2.34. The molecule has 0 N–H and O–H groups in total. The summed E-state index contributed by atoms with van der Waals surface area (Å²) in [5, 5.41) is 4.50. The monoisotopic (exact) mass is 447 g/mol. The lowest BCUT2D eigenvalue weighted by Crippen LogP contribution is -2.38. The number of benzene rings is 2. The predicted octanol–water partition coefficient (Wildman–Crippen LogP) is 4.28. The molecule has 0 aliphatic carbocycles. The Morgan fingerprint density at radius 3 is 2.60 bits per heavy atom. The van der Waals surface area contributed by atoms with Crippen molar-refractivity contribution in [1.29, 1.82) is 0 Å². The van der Waals surface area contributed by atoms with E-state index in [1.54, 1.807) is 12.1 Å². The number of ether oxygens (including phenoxy) is 1. The van der Waals surface area contributed by atoms with Crippen LogP contribution in [0.2, 0.25) is 5.02 Å². The second kappa shape index (κ2) is 8.37. The molecular formula is C21H22ClN3O4S. The number of aryl methyl sites for hydroxylation is 1. The standard InChI is InChI=1S/C21H22ClN3O4S/c1-14-5-3-4-6-17(14)21-23-20(24-29-21)15-9-11-25(12-10-15)30(26,27)19-13-16(22)7-8-18(19)28-2/h3-8,13,15H,9-12H2,1-2H3. The van der Waals surface area contributed by atoms with Crippen molar-refractivity contribution in [3.8, 4) is 17.2 Å². The van der Waals surface area contributed by atoms with Gasteiger partial charge in [0.1, 0.15) is 10.6 Å². The van der Waals surface area contributed by atoms with Gasteiger partial charge in [0, 0.05) is 29.6 Å². The minimum absolute atomic E-state index is 0.0409. The first-order valence-corrected chi connectivity index (χ1v) is 11.4. The molecule has 0 bridgehead atoms. The zero-order valence-electron chi connectivity index (χ0n) is 16.7. The Balaban J connectivity index is 1.50. The van der Waals surface area contributed by atoms with Crippen LogP contribution in [0.1, 0.15) is 30.1 Å². The van der Waals surface area contributed by atoms with Crippen LogP contribution in [0.5, 0.6) is 5.75 Å². The largest absolute Gasteiger partial charge is 0.495 e. The number of hydrogen-bond acceptors (Lipinski definition) is 6. The van der Waals surface area contributed by atoms with E-state index in [1.165, 1.54) is 17.5 Å². The molecule has 3 aromatic rings. The van der Waals surface area contributed by atoms with Crippen LogP contribution in [0.3, 0.4) is 0 Å². The zero-order valence-corrected chi connectivity index (χ0v) is 18.3. The molecule has 7 nitrogen and oxygen atoms in total. The maximum atomic E-state index is 13.1. The lowest BCUT2D eigenvalue weighted by molar-refractivity contribution is 0.305. The van der Waals surface area contributed by atoms with Gasteiger partial charge in [-0.05, 0) is 49.6 Å². The fourth-order valence-electron chi connectivity index (χ4n) is 3.67. The van der Waals surface area contributed by atoms with Crippen molar-refractivity contribution in [1.82, 2.24) is 14.4 Å². The van der Waals surface area contributed by atoms with E-state index < -0.39 is 10.0 Å². The number of hydrogen-bond donors (Lipinski definition) is 0. The van der Waals surface area contributed by atoms with E-state index in [2.05, 4.69) is 10.1 Å². The molecule has 0 amide bonds. The minimum Gasteiger partial charge on any atom is -0.495 e. The van der Waals surface area contributed by atoms with E-state index in [0.717, 1.165) is 11.1 Å². The summed E-state index contributed by atoms with van der Waals surface area (Å²) in [4.78, 5) is 4.65. The van der Waals surface area contributed by atoms with E-state index in [-0.39, 0.29) is 16.6 Å². The maximum absolute atomic E-state index is 13.1. The average Bonchev–Trinajstić information content (AvgIpc) is 3.24. The molecule has 0 atom stereocenters. The van der Waals surface area contributed by atoms with Gasteiger partial charge in [0.2, 0.25) is 10.0 Å². The molecule has 1 aromatic heterocycles. The van der Waals surface area contributed by atoms with Crippen molar-refractivity contribution < 1.29 is 17.7 Å². The highest BCUT2D eigenvalue weighted by molar-refractivity contribution is 7.89. The average molecular weight is 448 g/mol. The number of methoxy groups -OCH3 is 1. The Labute approximate surface area is 180 Å². The second-order valence-electron chi connectivity index (χ2n) is 7.25. The lowest BCUT2D eigenvalue weighted by Gasteiger charge is -2.30. The van der Waals surface area contributed by atoms with Crippen molar-refractivity contribution in [2.75, 3.05) is 20.2 Å². The summed E-state index contributed by atoms with van der Waals surface area (Å²) in [6, 6.07) is 12.4. The van der Waals surface area contributed by atoms with Crippen molar-refractivity contribution in [3.63, 3.8) is 0 Å². The molecule has 1 aliphatic heterocycles. The third kappa shape index (κ3) is 3.95. The van der Waals surface area contributed by atoms with E-state index in [0.29, 0.717) is 42.7 Å². The van der Waals surface area contributed by atoms with E-state index in [1.807, 2.05) is 31.2 Å². The van der Waals surface area contributed by atoms with Gasteiger partial charge in [0.25, 0.3) is 5.89 Å². The van der Waals surface area contributed by atoms with Crippen molar-refractivity contribution in [2.45, 2.75) is 30.6 Å². The van der Waals surface area contributed by atoms with Gasteiger partial charge in [-0.2, -0.15) is 9.29 Å². The normalized spacial score (nSPS) is 16.0. The highest BCUT2D eigenvalue weighted by atomic mass is 35.5. The third-order valence-electron chi connectivity index (χ3n) is 5.38. The molecule has 0 radical (unpaired) electrons. The van der Waals surface area contributed by atoms with E-state index >= 15 is 0 Å². The van der Waals surface area contributed by atoms with Crippen LogP contribution in [-0.2, 0) is 10.0 Å². The maximum Gasteiger partial charge on any atom is 0.258 e. The van der Waals surface area contributed by atoms with Crippen molar-refractivity contribution >= 4 is 21.6 Å². The summed E-state index contributed by atoms with van der Waals surface area (Å²) in [6.45, 7) is 2.71. The predicted molar refractivity (Wildman–Crippen MR) is 113 cm³/mol. The molecule has 158 valence electrons. The fourth-order valence-corrected chi connectivity index (χ4v) is 5.56. The van der Waals surface area contributed by atoms with Gasteiger partial charge in [-0.1, -0.05) is 35.0 Å². The topological polar surface area (TPSA) is 85.5 Å². The Morgan fingerprint density at radius 2 is 1.90 bits per heavy atom. The van der Waals surface area contributed by atoms with Gasteiger partial charge in [-0.15, -0.1) is 0 Å². The van der Waals surface area contributed by atoms with Crippen molar-refractivity contribution in [3.05, 3.63) is 58.9 Å². The molecule has 9 heteroatoms. The minimum atomic E-state index is -3.72. The molecule has 1 fully saturated rings. The number of piperidine rings is 1. The first-order valence-electron chi connectivity index (χ1n) is 9.63. The molecule has 0 spiro atoms. The first-order chi connectivity index (χ1) is 14.4. The Morgan fingerprint density at radius 1 is 1.17 bits per heavy atom. The molecule has 1 saturated heterocycles. The van der Waals surface area contributed by atoms with Crippen LogP contribution in [0, 0.1) is 6.92 Å². The first kappa shape index (κ1) is 20.8. The summed E-state index contributed by atoms with van der Waals surface area (Å²) >= 11 is 6.02. The van der Waals surface area contributed by atoms with Gasteiger partial charge < -0.3 is 9.26 Å². The molecule has 0 saturated carbocycles.